The Morgan fingerprint density at radius 2 is 0.740 bits per heavy atom. The Kier molecular flexibility index (Phi) is 20.9. The second-order valence-corrected chi connectivity index (χ2v) is 26.9. The standard InChI is InChI=1S/C22H17NO.C19H17NO.C18H13NO.3C10H9NO.3Al/c24-22-14-12-20(13-15-22)23(19-8-2-1-3-9-19)21-11-10-17-6-4-5-7-18(17)16-21;1-14-6-2-3-7-17(14)18-8-4-5-9-19(18)20-15-10-12-16(21)13-11-15;20-14-7-5-6-13(12-14)19-17-10-3-1-8-15(17)16-9-2-4-11-18(16)19;3*1-7-5-6-8-3-2-4-9(12)10(8)11-7;;;/h1-16,24H;2-13,20-21H,1H3;1-12,20H;3*2-6,12H,1H3;;;/q;;;;;;3*+2/p-6. The molecule has 0 aliphatic carbocycles. The maximum Gasteiger partial charge on any atom is 0.881 e. The SMILES string of the molecule is Cc1ccc2cccc([O][Al][O]c3ccc(N(c4ccccc4)c4ccc5ccccc5c4)cc3)c2n1.Cc1ccc2cccc([O][Al][O]c3ccc(Nc4ccccc4-c4ccccc4C)cc3)c2n1.Cc1ccc2cccc([O][Al][O]c3cccc(-n4c5ccccc5c5ccccc54)c3)c2n1. The Labute approximate surface area is 624 Å². The monoisotopic (exact) mass is 1400 g/mol. The van der Waals surface area contributed by atoms with E-state index < -0.39 is 47.7 Å². The van der Waals surface area contributed by atoms with Crippen molar-refractivity contribution >= 4 is 141 Å². The molecule has 13 aromatic carbocycles. The van der Waals surface area contributed by atoms with Crippen molar-refractivity contribution in [3.8, 4) is 51.3 Å². The van der Waals surface area contributed by atoms with E-state index in [0.29, 0.717) is 0 Å². The molecule has 0 fully saturated rings. The third kappa shape index (κ3) is 15.8. The predicted molar refractivity (Wildman–Crippen MR) is 426 cm³/mol. The number of pyridine rings is 3. The molecule has 1 N–H and O–H groups in total. The van der Waals surface area contributed by atoms with Crippen LogP contribution in [0.15, 0.2) is 334 Å². The molecule has 12 nitrogen and oxygen atoms in total. The second kappa shape index (κ2) is 32.0. The van der Waals surface area contributed by atoms with Crippen LogP contribution in [0.1, 0.15) is 22.6 Å². The van der Waals surface area contributed by atoms with Crippen LogP contribution >= 0.6 is 0 Å². The fourth-order valence-corrected chi connectivity index (χ4v) is 14.5. The Morgan fingerprint density at radius 1 is 0.308 bits per heavy atom. The molecule has 0 atom stereocenters. The molecule has 0 saturated heterocycles. The number of nitrogens with zero attached hydrogens (tertiary/aromatic N) is 5. The van der Waals surface area contributed by atoms with Gasteiger partial charge in [-0.05, 0) is 189 Å². The van der Waals surface area contributed by atoms with Crippen LogP contribution in [0.2, 0.25) is 0 Å². The molecular weight excluding hydrogens is 1330 g/mol. The van der Waals surface area contributed by atoms with Crippen molar-refractivity contribution in [3.05, 3.63) is 356 Å². The molecule has 0 spiro atoms. The Balaban J connectivity index is 0.000000126. The first-order valence-electron chi connectivity index (χ1n) is 34.3. The molecule has 17 aromatic rings. The normalized spacial score (nSPS) is 10.9. The van der Waals surface area contributed by atoms with Crippen LogP contribution in [0.3, 0.4) is 0 Å². The van der Waals surface area contributed by atoms with E-state index in [-0.39, 0.29) is 0 Å². The predicted octanol–water partition coefficient (Wildman–Crippen LogP) is 22.0. The number of hydrogen-bond acceptors (Lipinski definition) is 11. The molecule has 0 aliphatic heterocycles. The molecule has 0 aliphatic rings. The van der Waals surface area contributed by atoms with Crippen molar-refractivity contribution in [2.24, 2.45) is 0 Å². The Bertz CT molecular complexity index is 5810. The zero-order valence-corrected chi connectivity index (χ0v) is 61.1. The van der Waals surface area contributed by atoms with Gasteiger partial charge in [-0.25, -0.2) is 15.0 Å². The largest absolute Gasteiger partial charge is 0.881 e. The second-order valence-electron chi connectivity index (χ2n) is 24.9. The molecule has 0 unspecified atom stereocenters. The highest BCUT2D eigenvalue weighted by atomic mass is 27.2. The molecule has 104 heavy (non-hydrogen) atoms. The van der Waals surface area contributed by atoms with E-state index in [1.807, 2.05) is 154 Å². The average molecular weight is 1400 g/mol. The molecule has 15 heteroatoms. The van der Waals surface area contributed by atoms with Gasteiger partial charge in [0, 0.05) is 89.8 Å². The van der Waals surface area contributed by atoms with Crippen LogP contribution in [-0.4, -0.2) is 67.2 Å². The number of aryl methyl sites for hydroxylation is 4. The summed E-state index contributed by atoms with van der Waals surface area (Å²) >= 11 is -2.19. The van der Waals surface area contributed by atoms with E-state index in [4.69, 9.17) is 22.7 Å². The number of aromatic nitrogens is 4. The Morgan fingerprint density at radius 3 is 1.31 bits per heavy atom. The van der Waals surface area contributed by atoms with E-state index >= 15 is 0 Å². The maximum absolute atomic E-state index is 6.07. The van der Waals surface area contributed by atoms with Crippen LogP contribution in [0, 0.1) is 27.7 Å². The van der Waals surface area contributed by atoms with Gasteiger partial charge in [0.2, 0.25) is 0 Å². The molecule has 0 amide bonds. The van der Waals surface area contributed by atoms with Crippen molar-refractivity contribution < 1.29 is 22.7 Å². The summed E-state index contributed by atoms with van der Waals surface area (Å²) < 4.78 is 38.3. The van der Waals surface area contributed by atoms with Crippen molar-refractivity contribution in [2.45, 2.75) is 27.7 Å². The average Bonchev–Trinajstić information content (AvgIpc) is 1.60. The molecule has 499 valence electrons. The summed E-state index contributed by atoms with van der Waals surface area (Å²) in [5.74, 6) is 4.59. The van der Waals surface area contributed by atoms with Crippen LogP contribution in [0.5, 0.6) is 34.5 Å². The first-order chi connectivity index (χ1) is 51.2. The number of fused-ring (bicyclic) bond motifs is 7. The minimum Gasteiger partial charge on any atom is -0.616 e. The number of para-hydroxylation sites is 7. The summed E-state index contributed by atoms with van der Waals surface area (Å²) in [5, 5.41) is 11.6. The number of nitrogens with one attached hydrogen (secondary N) is 1. The quantitative estimate of drug-likeness (QED) is 0.0781. The van der Waals surface area contributed by atoms with E-state index in [0.717, 1.165) is 118 Å². The number of rotatable bonds is 19. The fourth-order valence-electron chi connectivity index (χ4n) is 12.7. The van der Waals surface area contributed by atoms with Gasteiger partial charge in [-0.15, -0.1) is 0 Å². The zero-order chi connectivity index (χ0) is 70.6. The minimum atomic E-state index is -0.739. The highest BCUT2D eigenvalue weighted by Crippen LogP contribution is 2.39. The molecule has 4 aromatic heterocycles. The number of benzene rings is 13. The summed E-state index contributed by atoms with van der Waals surface area (Å²) in [6.07, 6.45) is 0. The maximum atomic E-state index is 6.07. The van der Waals surface area contributed by atoms with Crippen LogP contribution in [-0.2, 0) is 0 Å². The molecule has 0 bridgehead atoms. The van der Waals surface area contributed by atoms with E-state index in [1.54, 1.807) is 0 Å². The van der Waals surface area contributed by atoms with Gasteiger partial charge >= 0.3 is 47.7 Å². The van der Waals surface area contributed by atoms with Crippen LogP contribution in [0.25, 0.3) is 82.1 Å². The lowest BCUT2D eigenvalue weighted by molar-refractivity contribution is 0.460. The summed E-state index contributed by atoms with van der Waals surface area (Å²) in [4.78, 5) is 16.1. The van der Waals surface area contributed by atoms with E-state index in [2.05, 4.69) is 237 Å². The van der Waals surface area contributed by atoms with Gasteiger partial charge in [-0.1, -0.05) is 188 Å². The third-order valence-corrected chi connectivity index (χ3v) is 20.0. The van der Waals surface area contributed by atoms with Gasteiger partial charge in [-0.3, -0.25) is 0 Å². The summed E-state index contributed by atoms with van der Waals surface area (Å²) in [6.45, 7) is 8.09. The zero-order valence-electron chi connectivity index (χ0n) is 57.7. The van der Waals surface area contributed by atoms with Crippen LogP contribution < -0.4 is 32.9 Å². The molecule has 4 heterocycles. The van der Waals surface area contributed by atoms with E-state index in [9.17, 15) is 0 Å². The van der Waals surface area contributed by atoms with Gasteiger partial charge in [0.15, 0.2) is 0 Å². The lowest BCUT2D eigenvalue weighted by Crippen LogP contribution is -2.12. The lowest BCUT2D eigenvalue weighted by atomic mass is 9.99. The van der Waals surface area contributed by atoms with Crippen LogP contribution in [0.4, 0.5) is 28.4 Å². The molecule has 3 radical (unpaired) electrons. The molecular formula is C89H68Al3N6O6. The highest BCUT2D eigenvalue weighted by Gasteiger charge is 2.18. The highest BCUT2D eigenvalue weighted by molar-refractivity contribution is 6.22. The van der Waals surface area contributed by atoms with E-state index in [1.165, 1.54) is 49.3 Å². The minimum absolute atomic E-state index is 0.713. The number of hydrogen-bond donors (Lipinski definition) is 1. The van der Waals surface area contributed by atoms with Gasteiger partial charge in [0.1, 0.15) is 33.8 Å². The lowest BCUT2D eigenvalue weighted by Gasteiger charge is -2.26. The van der Waals surface area contributed by atoms with Gasteiger partial charge in [0.25, 0.3) is 0 Å². The number of anilines is 5. The molecule has 0 saturated carbocycles. The van der Waals surface area contributed by atoms with Crippen molar-refractivity contribution in [3.63, 3.8) is 0 Å². The Hall–Kier alpha value is -11.9. The van der Waals surface area contributed by atoms with Gasteiger partial charge in [0.05, 0.1) is 28.3 Å². The smallest absolute Gasteiger partial charge is 0.616 e. The summed E-state index contributed by atoms with van der Waals surface area (Å²) in [5.41, 5.74) is 17.9. The van der Waals surface area contributed by atoms with Crippen molar-refractivity contribution in [1.82, 2.24) is 19.5 Å². The third-order valence-electron chi connectivity index (χ3n) is 17.8. The fraction of sp³-hybridized carbons (Fsp3) is 0.0449. The summed E-state index contributed by atoms with van der Waals surface area (Å²) in [6, 6.07) is 114. The van der Waals surface area contributed by atoms with Gasteiger partial charge in [-0.2, -0.15) is 0 Å². The molecule has 17 rings (SSSR count). The van der Waals surface area contributed by atoms with Crippen molar-refractivity contribution in [2.75, 3.05) is 10.2 Å². The van der Waals surface area contributed by atoms with Gasteiger partial charge < -0.3 is 37.5 Å². The topological polar surface area (TPSA) is 114 Å². The summed E-state index contributed by atoms with van der Waals surface area (Å²) in [7, 11) is 0. The first-order valence-corrected chi connectivity index (χ1v) is 37.1. The first kappa shape index (κ1) is 67.9. The van der Waals surface area contributed by atoms with Crippen molar-refractivity contribution in [1.29, 1.82) is 0 Å².